The Morgan fingerprint density at radius 1 is 1.05 bits per heavy atom. The molecule has 0 spiro atoms. The van der Waals surface area contributed by atoms with Gasteiger partial charge in [0.2, 0.25) is 0 Å². The SMILES string of the molecule is Clc1cccc(-c2nc(Cl)cc(N3CCOCC3)n2)c1. The Kier molecular flexibility index (Phi) is 4.05. The summed E-state index contributed by atoms with van der Waals surface area (Å²) >= 11 is 12.1. The van der Waals surface area contributed by atoms with Crippen LogP contribution in [0.1, 0.15) is 0 Å². The van der Waals surface area contributed by atoms with Crippen molar-refractivity contribution in [1.29, 1.82) is 0 Å². The van der Waals surface area contributed by atoms with Gasteiger partial charge in [-0.2, -0.15) is 0 Å². The number of ether oxygens (including phenoxy) is 1. The second-order valence-electron chi connectivity index (χ2n) is 4.48. The van der Waals surface area contributed by atoms with Crippen LogP contribution in [0.5, 0.6) is 0 Å². The zero-order chi connectivity index (χ0) is 13.9. The van der Waals surface area contributed by atoms with E-state index in [-0.39, 0.29) is 0 Å². The van der Waals surface area contributed by atoms with E-state index in [0.717, 1.165) is 24.5 Å². The van der Waals surface area contributed by atoms with Crippen LogP contribution >= 0.6 is 23.2 Å². The van der Waals surface area contributed by atoms with Gasteiger partial charge < -0.3 is 9.64 Å². The molecule has 1 aromatic heterocycles. The second kappa shape index (κ2) is 5.95. The van der Waals surface area contributed by atoms with E-state index in [1.807, 2.05) is 24.3 Å². The third-order valence-electron chi connectivity index (χ3n) is 3.10. The first kappa shape index (κ1) is 13.6. The summed E-state index contributed by atoms with van der Waals surface area (Å²) in [6.07, 6.45) is 0. The van der Waals surface area contributed by atoms with Gasteiger partial charge in [0.15, 0.2) is 5.82 Å². The molecule has 1 saturated heterocycles. The van der Waals surface area contributed by atoms with Crippen LogP contribution in [0.2, 0.25) is 10.2 Å². The molecule has 0 atom stereocenters. The average Bonchev–Trinajstić information content (AvgIpc) is 2.47. The molecule has 3 rings (SSSR count). The normalized spacial score (nSPS) is 15.4. The fourth-order valence-electron chi connectivity index (χ4n) is 2.12. The minimum Gasteiger partial charge on any atom is -0.378 e. The number of nitrogens with zero attached hydrogens (tertiary/aromatic N) is 3. The highest BCUT2D eigenvalue weighted by Gasteiger charge is 2.15. The van der Waals surface area contributed by atoms with Crippen LogP contribution < -0.4 is 4.90 Å². The number of halogens is 2. The van der Waals surface area contributed by atoms with Gasteiger partial charge in [0.1, 0.15) is 11.0 Å². The molecule has 1 fully saturated rings. The van der Waals surface area contributed by atoms with E-state index in [1.54, 1.807) is 6.07 Å². The van der Waals surface area contributed by atoms with E-state index < -0.39 is 0 Å². The molecule has 1 aromatic carbocycles. The van der Waals surface area contributed by atoms with Crippen molar-refractivity contribution in [3.63, 3.8) is 0 Å². The van der Waals surface area contributed by atoms with E-state index in [1.165, 1.54) is 0 Å². The summed E-state index contributed by atoms with van der Waals surface area (Å²) in [5.41, 5.74) is 0.856. The Morgan fingerprint density at radius 2 is 1.85 bits per heavy atom. The lowest BCUT2D eigenvalue weighted by Crippen LogP contribution is -2.36. The van der Waals surface area contributed by atoms with E-state index in [0.29, 0.717) is 29.2 Å². The van der Waals surface area contributed by atoms with Gasteiger partial charge in [-0.1, -0.05) is 35.3 Å². The van der Waals surface area contributed by atoms with Gasteiger partial charge in [-0.25, -0.2) is 9.97 Å². The van der Waals surface area contributed by atoms with E-state index >= 15 is 0 Å². The maximum absolute atomic E-state index is 6.12. The lowest BCUT2D eigenvalue weighted by Gasteiger charge is -2.28. The average molecular weight is 310 g/mol. The van der Waals surface area contributed by atoms with Crippen LogP contribution in [-0.4, -0.2) is 36.3 Å². The minimum atomic E-state index is 0.427. The van der Waals surface area contributed by atoms with Gasteiger partial charge in [-0.3, -0.25) is 0 Å². The van der Waals surface area contributed by atoms with Gasteiger partial charge in [-0.05, 0) is 12.1 Å². The molecule has 20 heavy (non-hydrogen) atoms. The van der Waals surface area contributed by atoms with Crippen molar-refractivity contribution in [3.05, 3.63) is 40.5 Å². The summed E-state index contributed by atoms with van der Waals surface area (Å²) in [6.45, 7) is 3.02. The first-order chi connectivity index (χ1) is 9.72. The molecule has 0 radical (unpaired) electrons. The highest BCUT2D eigenvalue weighted by molar-refractivity contribution is 6.31. The molecule has 1 aliphatic heterocycles. The van der Waals surface area contributed by atoms with E-state index in [2.05, 4.69) is 14.9 Å². The molecular formula is C14H13Cl2N3O. The van der Waals surface area contributed by atoms with Crippen molar-refractivity contribution >= 4 is 29.0 Å². The molecule has 2 heterocycles. The highest BCUT2D eigenvalue weighted by Crippen LogP contribution is 2.24. The summed E-state index contributed by atoms with van der Waals surface area (Å²) in [4.78, 5) is 11.0. The van der Waals surface area contributed by atoms with E-state index in [9.17, 15) is 0 Å². The number of anilines is 1. The van der Waals surface area contributed by atoms with Gasteiger partial charge in [0.25, 0.3) is 0 Å². The highest BCUT2D eigenvalue weighted by atomic mass is 35.5. The summed E-state index contributed by atoms with van der Waals surface area (Å²) in [7, 11) is 0. The van der Waals surface area contributed by atoms with Crippen molar-refractivity contribution in [3.8, 4) is 11.4 Å². The topological polar surface area (TPSA) is 38.2 Å². The summed E-state index contributed by atoms with van der Waals surface area (Å²) < 4.78 is 5.35. The van der Waals surface area contributed by atoms with Crippen LogP contribution in [0.15, 0.2) is 30.3 Å². The van der Waals surface area contributed by atoms with Crippen LogP contribution in [-0.2, 0) is 4.74 Å². The molecule has 104 valence electrons. The third-order valence-corrected chi connectivity index (χ3v) is 3.53. The fraction of sp³-hybridized carbons (Fsp3) is 0.286. The maximum atomic E-state index is 6.12. The minimum absolute atomic E-state index is 0.427. The van der Waals surface area contributed by atoms with Gasteiger partial charge >= 0.3 is 0 Å². The Morgan fingerprint density at radius 3 is 2.60 bits per heavy atom. The number of rotatable bonds is 2. The number of aromatic nitrogens is 2. The number of benzene rings is 1. The Bertz CT molecular complexity index is 615. The standard InChI is InChI=1S/C14H13Cl2N3O/c15-11-3-1-2-10(8-11)14-17-12(16)9-13(18-14)19-4-6-20-7-5-19/h1-3,8-9H,4-7H2. The second-order valence-corrected chi connectivity index (χ2v) is 5.31. The molecule has 0 aliphatic carbocycles. The number of hydrogen-bond donors (Lipinski definition) is 0. The van der Waals surface area contributed by atoms with Crippen molar-refractivity contribution in [1.82, 2.24) is 9.97 Å². The number of hydrogen-bond acceptors (Lipinski definition) is 4. The molecule has 0 unspecified atom stereocenters. The first-order valence-corrected chi connectivity index (χ1v) is 7.11. The Labute approximate surface area is 127 Å². The monoisotopic (exact) mass is 309 g/mol. The molecule has 0 bridgehead atoms. The Hall–Kier alpha value is -1.36. The molecule has 4 nitrogen and oxygen atoms in total. The lowest BCUT2D eigenvalue weighted by molar-refractivity contribution is 0.122. The summed E-state index contributed by atoms with van der Waals surface area (Å²) in [5.74, 6) is 1.41. The van der Waals surface area contributed by atoms with Crippen molar-refractivity contribution in [2.24, 2.45) is 0 Å². The van der Waals surface area contributed by atoms with Crippen LogP contribution in [0.4, 0.5) is 5.82 Å². The van der Waals surface area contributed by atoms with Gasteiger partial charge in [0.05, 0.1) is 13.2 Å². The molecule has 0 saturated carbocycles. The first-order valence-electron chi connectivity index (χ1n) is 6.35. The third kappa shape index (κ3) is 3.03. The predicted octanol–water partition coefficient (Wildman–Crippen LogP) is 3.29. The van der Waals surface area contributed by atoms with Gasteiger partial charge in [-0.15, -0.1) is 0 Å². The molecule has 1 aliphatic rings. The molecular weight excluding hydrogens is 297 g/mol. The quantitative estimate of drug-likeness (QED) is 0.798. The van der Waals surface area contributed by atoms with Crippen LogP contribution in [0, 0.1) is 0 Å². The van der Waals surface area contributed by atoms with E-state index in [4.69, 9.17) is 27.9 Å². The maximum Gasteiger partial charge on any atom is 0.163 e. The Balaban J connectivity index is 1.97. The zero-order valence-electron chi connectivity index (χ0n) is 10.7. The van der Waals surface area contributed by atoms with Crippen molar-refractivity contribution < 1.29 is 4.74 Å². The molecule has 2 aromatic rings. The largest absolute Gasteiger partial charge is 0.378 e. The smallest absolute Gasteiger partial charge is 0.163 e. The van der Waals surface area contributed by atoms with Crippen molar-refractivity contribution in [2.45, 2.75) is 0 Å². The summed E-state index contributed by atoms with van der Waals surface area (Å²) in [6, 6.07) is 9.21. The van der Waals surface area contributed by atoms with Crippen LogP contribution in [0.25, 0.3) is 11.4 Å². The van der Waals surface area contributed by atoms with Crippen molar-refractivity contribution in [2.75, 3.05) is 31.2 Å². The zero-order valence-corrected chi connectivity index (χ0v) is 12.2. The number of morpholine rings is 1. The lowest BCUT2D eigenvalue weighted by atomic mass is 10.2. The predicted molar refractivity (Wildman–Crippen MR) is 80.5 cm³/mol. The fourth-order valence-corrected chi connectivity index (χ4v) is 2.48. The molecule has 0 N–H and O–H groups in total. The molecule has 0 amide bonds. The summed E-state index contributed by atoms with van der Waals surface area (Å²) in [5, 5.41) is 1.08. The van der Waals surface area contributed by atoms with Gasteiger partial charge in [0, 0.05) is 29.7 Å². The molecule has 6 heteroatoms. The van der Waals surface area contributed by atoms with Crippen LogP contribution in [0.3, 0.4) is 0 Å².